The lowest BCUT2D eigenvalue weighted by Gasteiger charge is -2.25. The summed E-state index contributed by atoms with van der Waals surface area (Å²) in [5.74, 6) is -1.52. The molecule has 1 aromatic rings. The summed E-state index contributed by atoms with van der Waals surface area (Å²) in [7, 11) is -3.40. The van der Waals surface area contributed by atoms with Gasteiger partial charge in [-0.25, -0.2) is 13.1 Å². The lowest BCUT2D eigenvalue weighted by molar-refractivity contribution is 0.0941. The number of para-hydroxylation sites is 1. The third-order valence-corrected chi connectivity index (χ3v) is 3.34. The molecule has 4 N–H and O–H groups in total. The van der Waals surface area contributed by atoms with Gasteiger partial charge in [0, 0.05) is 12.1 Å². The highest BCUT2D eigenvalue weighted by molar-refractivity contribution is 7.88. The third kappa shape index (κ3) is 4.71. The quantitative estimate of drug-likeness (QED) is 0.578. The van der Waals surface area contributed by atoms with Crippen LogP contribution in [0.4, 0.5) is 0 Å². The minimum Gasteiger partial charge on any atom is -0.504 e. The predicted octanol–water partition coefficient (Wildman–Crippen LogP) is 0.155. The van der Waals surface area contributed by atoms with E-state index in [2.05, 4.69) is 10.0 Å². The van der Waals surface area contributed by atoms with Gasteiger partial charge in [-0.05, 0) is 26.0 Å². The van der Waals surface area contributed by atoms with E-state index in [0.717, 1.165) is 6.26 Å². The van der Waals surface area contributed by atoms with Crippen LogP contribution in [-0.4, -0.2) is 42.9 Å². The molecule has 0 bridgehead atoms. The third-order valence-electron chi connectivity index (χ3n) is 2.41. The largest absolute Gasteiger partial charge is 0.504 e. The van der Waals surface area contributed by atoms with Crippen LogP contribution >= 0.6 is 0 Å². The molecule has 8 heteroatoms. The van der Waals surface area contributed by atoms with E-state index >= 15 is 0 Å². The first kappa shape index (κ1) is 16.3. The molecular weight excluding hydrogens is 284 g/mol. The Morgan fingerprint density at radius 1 is 1.30 bits per heavy atom. The smallest absolute Gasteiger partial charge is 0.255 e. The molecule has 1 rings (SSSR count). The molecule has 0 aliphatic rings. The fourth-order valence-corrected chi connectivity index (χ4v) is 2.72. The summed E-state index contributed by atoms with van der Waals surface area (Å²) in [6.45, 7) is 3.24. The Hall–Kier alpha value is -1.80. The first-order valence-electron chi connectivity index (χ1n) is 5.80. The zero-order valence-corrected chi connectivity index (χ0v) is 12.3. The number of hydrogen-bond acceptors (Lipinski definition) is 5. The van der Waals surface area contributed by atoms with Gasteiger partial charge < -0.3 is 15.5 Å². The van der Waals surface area contributed by atoms with Crippen molar-refractivity contribution in [1.82, 2.24) is 10.0 Å². The van der Waals surface area contributed by atoms with Gasteiger partial charge in [-0.15, -0.1) is 0 Å². The molecule has 7 nitrogen and oxygen atoms in total. The minimum absolute atomic E-state index is 0.0218. The zero-order chi connectivity index (χ0) is 15.6. The van der Waals surface area contributed by atoms with Gasteiger partial charge in [-0.3, -0.25) is 4.79 Å². The summed E-state index contributed by atoms with van der Waals surface area (Å²) in [5.41, 5.74) is -0.962. The number of carbonyl (C=O) groups is 1. The normalized spacial score (nSPS) is 12.2. The summed E-state index contributed by atoms with van der Waals surface area (Å²) < 4.78 is 24.7. The number of benzene rings is 1. The van der Waals surface area contributed by atoms with Gasteiger partial charge in [0.05, 0.1) is 11.8 Å². The number of rotatable bonds is 5. The molecular formula is C12H18N2O5S. The number of sulfonamides is 1. The van der Waals surface area contributed by atoms with E-state index in [4.69, 9.17) is 0 Å². The molecule has 0 atom stereocenters. The van der Waals surface area contributed by atoms with Gasteiger partial charge in [0.1, 0.15) is 0 Å². The SMILES string of the molecule is CC(C)(CNC(=O)c1cccc(O)c1O)NS(C)(=O)=O. The lowest BCUT2D eigenvalue weighted by atomic mass is 10.1. The lowest BCUT2D eigenvalue weighted by Crippen LogP contribution is -2.51. The summed E-state index contributed by atoms with van der Waals surface area (Å²) in [6, 6.07) is 4.02. The standard InChI is InChI=1S/C12H18N2O5S/c1-12(2,14-20(3,18)19)7-13-11(17)8-5-4-6-9(15)10(8)16/h4-6,14-16H,7H2,1-3H3,(H,13,17). The molecule has 20 heavy (non-hydrogen) atoms. The molecule has 0 saturated heterocycles. The van der Waals surface area contributed by atoms with Crippen molar-refractivity contribution in [2.24, 2.45) is 0 Å². The fraction of sp³-hybridized carbons (Fsp3) is 0.417. The summed E-state index contributed by atoms with van der Waals surface area (Å²) in [5, 5.41) is 21.4. The van der Waals surface area contributed by atoms with Gasteiger partial charge >= 0.3 is 0 Å². The van der Waals surface area contributed by atoms with Crippen LogP contribution in [0, 0.1) is 0 Å². The Bertz CT molecular complexity index is 610. The van der Waals surface area contributed by atoms with Crippen molar-refractivity contribution in [1.29, 1.82) is 0 Å². The van der Waals surface area contributed by atoms with E-state index in [9.17, 15) is 23.4 Å². The molecule has 0 aromatic heterocycles. The number of carbonyl (C=O) groups excluding carboxylic acids is 1. The molecule has 0 heterocycles. The van der Waals surface area contributed by atoms with Crippen molar-refractivity contribution in [3.05, 3.63) is 23.8 Å². The summed E-state index contributed by atoms with van der Waals surface area (Å²) in [6.07, 6.45) is 1.03. The number of aromatic hydroxyl groups is 2. The van der Waals surface area contributed by atoms with E-state index in [1.807, 2.05) is 0 Å². The Kier molecular flexibility index (Phi) is 4.61. The fourth-order valence-electron chi connectivity index (χ4n) is 1.65. The van der Waals surface area contributed by atoms with Crippen LogP contribution in [0.3, 0.4) is 0 Å². The van der Waals surface area contributed by atoms with Gasteiger partial charge in [-0.2, -0.15) is 0 Å². The number of hydrogen-bond donors (Lipinski definition) is 4. The minimum atomic E-state index is -3.40. The maximum absolute atomic E-state index is 11.9. The maximum atomic E-state index is 11.9. The topological polar surface area (TPSA) is 116 Å². The van der Waals surface area contributed by atoms with Crippen LogP contribution in [0.25, 0.3) is 0 Å². The number of phenols is 2. The van der Waals surface area contributed by atoms with Gasteiger partial charge in [0.25, 0.3) is 5.91 Å². The number of amides is 1. The Balaban J connectivity index is 2.75. The average molecular weight is 302 g/mol. The molecule has 0 aliphatic carbocycles. The van der Waals surface area contributed by atoms with Gasteiger partial charge in [0.15, 0.2) is 11.5 Å². The Morgan fingerprint density at radius 2 is 1.90 bits per heavy atom. The van der Waals surface area contributed by atoms with Crippen molar-refractivity contribution in [2.45, 2.75) is 19.4 Å². The van der Waals surface area contributed by atoms with Gasteiger partial charge in [-0.1, -0.05) is 6.07 Å². The Labute approximate surface area is 117 Å². The van der Waals surface area contributed by atoms with E-state index in [-0.39, 0.29) is 12.1 Å². The van der Waals surface area contributed by atoms with Crippen LogP contribution in [0.1, 0.15) is 24.2 Å². The van der Waals surface area contributed by atoms with Crippen LogP contribution in [0.5, 0.6) is 11.5 Å². The van der Waals surface area contributed by atoms with Crippen LogP contribution in [0.2, 0.25) is 0 Å². The molecule has 1 amide bonds. The van der Waals surface area contributed by atoms with Gasteiger partial charge in [0.2, 0.25) is 10.0 Å². The second-order valence-corrected chi connectivity index (χ2v) is 6.86. The van der Waals surface area contributed by atoms with Crippen LogP contribution < -0.4 is 10.0 Å². The highest BCUT2D eigenvalue weighted by atomic mass is 32.2. The monoisotopic (exact) mass is 302 g/mol. The second-order valence-electron chi connectivity index (χ2n) is 5.11. The number of phenolic OH excluding ortho intramolecular Hbond substituents is 2. The molecule has 0 unspecified atom stereocenters. The molecule has 1 aromatic carbocycles. The van der Waals surface area contributed by atoms with Crippen molar-refractivity contribution >= 4 is 15.9 Å². The first-order chi connectivity index (χ1) is 9.02. The second kappa shape index (κ2) is 5.68. The molecule has 0 saturated carbocycles. The molecule has 0 fully saturated rings. The molecule has 112 valence electrons. The maximum Gasteiger partial charge on any atom is 0.255 e. The summed E-state index contributed by atoms with van der Waals surface area (Å²) in [4.78, 5) is 11.9. The van der Waals surface area contributed by atoms with E-state index in [0.29, 0.717) is 0 Å². The van der Waals surface area contributed by atoms with E-state index < -0.39 is 33.0 Å². The number of nitrogens with one attached hydrogen (secondary N) is 2. The van der Waals surface area contributed by atoms with Crippen LogP contribution in [-0.2, 0) is 10.0 Å². The van der Waals surface area contributed by atoms with Crippen molar-refractivity contribution in [2.75, 3.05) is 12.8 Å². The highest BCUT2D eigenvalue weighted by Gasteiger charge is 2.23. The molecule has 0 aliphatic heterocycles. The van der Waals surface area contributed by atoms with E-state index in [1.54, 1.807) is 13.8 Å². The zero-order valence-electron chi connectivity index (χ0n) is 11.5. The van der Waals surface area contributed by atoms with Crippen molar-refractivity contribution < 1.29 is 23.4 Å². The molecule has 0 radical (unpaired) electrons. The Morgan fingerprint density at radius 3 is 2.45 bits per heavy atom. The van der Waals surface area contributed by atoms with Crippen molar-refractivity contribution in [3.63, 3.8) is 0 Å². The average Bonchev–Trinajstić information content (AvgIpc) is 2.27. The van der Waals surface area contributed by atoms with E-state index in [1.165, 1.54) is 18.2 Å². The molecule has 0 spiro atoms. The first-order valence-corrected chi connectivity index (χ1v) is 7.69. The highest BCUT2D eigenvalue weighted by Crippen LogP contribution is 2.27. The van der Waals surface area contributed by atoms with Crippen molar-refractivity contribution in [3.8, 4) is 11.5 Å². The summed E-state index contributed by atoms with van der Waals surface area (Å²) >= 11 is 0. The van der Waals surface area contributed by atoms with Crippen LogP contribution in [0.15, 0.2) is 18.2 Å². The predicted molar refractivity (Wildman–Crippen MR) is 74.2 cm³/mol.